The number of aromatic nitrogens is 2. The van der Waals surface area contributed by atoms with Crippen molar-refractivity contribution in [3.05, 3.63) is 59.1 Å². The van der Waals surface area contributed by atoms with Crippen LogP contribution in [0.2, 0.25) is 5.15 Å². The van der Waals surface area contributed by atoms with Gasteiger partial charge in [0.15, 0.2) is 0 Å². The summed E-state index contributed by atoms with van der Waals surface area (Å²) < 4.78 is 0. The molecular formula is C15H13ClN4O2. The van der Waals surface area contributed by atoms with Crippen molar-refractivity contribution in [1.29, 1.82) is 0 Å². The van der Waals surface area contributed by atoms with Gasteiger partial charge >= 0.3 is 6.03 Å². The average molecular weight is 317 g/mol. The number of carbonyl (C=O) groups excluding carboxylic acids is 2. The van der Waals surface area contributed by atoms with Crippen LogP contribution in [0.5, 0.6) is 0 Å². The lowest BCUT2D eigenvalue weighted by atomic mass is 10.2. The molecule has 7 heteroatoms. The standard InChI is InChI=1S/C15H13ClN4O2/c16-13-4-3-11(8-18-13)10-19-6-7-20(15(19)22)14(21)12-2-1-5-17-9-12/h1-5,8-9H,6-7,10H2. The van der Waals surface area contributed by atoms with Gasteiger partial charge in [0.2, 0.25) is 0 Å². The molecule has 0 spiro atoms. The zero-order valence-corrected chi connectivity index (χ0v) is 12.4. The zero-order valence-electron chi connectivity index (χ0n) is 11.6. The van der Waals surface area contributed by atoms with Crippen LogP contribution in [0.1, 0.15) is 15.9 Å². The molecule has 0 atom stereocenters. The summed E-state index contributed by atoms with van der Waals surface area (Å²) in [6.07, 6.45) is 4.67. The van der Waals surface area contributed by atoms with Crippen LogP contribution in [0.4, 0.5) is 4.79 Å². The first-order chi connectivity index (χ1) is 10.6. The maximum absolute atomic E-state index is 12.4. The van der Waals surface area contributed by atoms with E-state index >= 15 is 0 Å². The Morgan fingerprint density at radius 2 is 2.09 bits per heavy atom. The Labute approximate surface area is 132 Å². The lowest BCUT2D eigenvalue weighted by molar-refractivity contribution is 0.0821. The van der Waals surface area contributed by atoms with Crippen molar-refractivity contribution in [3.8, 4) is 0 Å². The molecule has 0 saturated carbocycles. The second-order valence-electron chi connectivity index (χ2n) is 4.89. The summed E-state index contributed by atoms with van der Waals surface area (Å²) in [5.74, 6) is -0.324. The molecule has 22 heavy (non-hydrogen) atoms. The van der Waals surface area contributed by atoms with Gasteiger partial charge in [-0.25, -0.2) is 9.78 Å². The van der Waals surface area contributed by atoms with Gasteiger partial charge in [-0.1, -0.05) is 17.7 Å². The average Bonchev–Trinajstić information content (AvgIpc) is 2.91. The summed E-state index contributed by atoms with van der Waals surface area (Å²) in [4.78, 5) is 35.4. The zero-order chi connectivity index (χ0) is 15.5. The third-order valence-corrected chi connectivity index (χ3v) is 3.63. The highest BCUT2D eigenvalue weighted by molar-refractivity contribution is 6.29. The van der Waals surface area contributed by atoms with E-state index in [1.54, 1.807) is 35.5 Å². The van der Waals surface area contributed by atoms with E-state index in [9.17, 15) is 9.59 Å². The Balaban J connectivity index is 1.69. The molecule has 3 heterocycles. The number of pyridine rings is 2. The van der Waals surface area contributed by atoms with Crippen molar-refractivity contribution in [2.75, 3.05) is 13.1 Å². The fourth-order valence-corrected chi connectivity index (χ4v) is 2.40. The smallest absolute Gasteiger partial charge is 0.318 e. The van der Waals surface area contributed by atoms with Gasteiger partial charge in [0.1, 0.15) is 5.15 Å². The van der Waals surface area contributed by atoms with Gasteiger partial charge in [-0.2, -0.15) is 0 Å². The second-order valence-corrected chi connectivity index (χ2v) is 5.28. The molecule has 0 N–H and O–H groups in total. The van der Waals surface area contributed by atoms with E-state index in [2.05, 4.69) is 9.97 Å². The quantitative estimate of drug-likeness (QED) is 0.814. The molecule has 3 amide bonds. The molecule has 2 aromatic rings. The number of imide groups is 1. The van der Waals surface area contributed by atoms with Crippen LogP contribution < -0.4 is 0 Å². The minimum atomic E-state index is -0.324. The maximum atomic E-state index is 12.4. The fourth-order valence-electron chi connectivity index (χ4n) is 2.28. The predicted octanol–water partition coefficient (Wildman–Crippen LogP) is 2.21. The molecule has 0 unspecified atom stereocenters. The van der Waals surface area contributed by atoms with E-state index in [0.717, 1.165) is 5.56 Å². The second kappa shape index (κ2) is 6.11. The number of halogens is 1. The summed E-state index contributed by atoms with van der Waals surface area (Å²) >= 11 is 5.74. The number of nitrogens with zero attached hydrogens (tertiary/aromatic N) is 4. The molecule has 1 saturated heterocycles. The van der Waals surface area contributed by atoms with Crippen LogP contribution in [0.3, 0.4) is 0 Å². The molecule has 2 aromatic heterocycles. The molecule has 3 rings (SSSR count). The van der Waals surface area contributed by atoms with Crippen molar-refractivity contribution in [2.45, 2.75) is 6.54 Å². The first-order valence-electron chi connectivity index (χ1n) is 6.76. The molecule has 1 aliphatic heterocycles. The molecule has 0 bridgehead atoms. The molecule has 1 fully saturated rings. The number of carbonyl (C=O) groups is 2. The minimum Gasteiger partial charge on any atom is -0.318 e. The lowest BCUT2D eigenvalue weighted by Crippen LogP contribution is -2.36. The molecule has 0 aliphatic carbocycles. The summed E-state index contributed by atoms with van der Waals surface area (Å²) in [7, 11) is 0. The Hall–Kier alpha value is -2.47. The topological polar surface area (TPSA) is 66.4 Å². The van der Waals surface area contributed by atoms with Crippen molar-refractivity contribution < 1.29 is 9.59 Å². The molecule has 0 radical (unpaired) electrons. The van der Waals surface area contributed by atoms with Gasteiger partial charge in [-0.15, -0.1) is 0 Å². The molecule has 6 nitrogen and oxygen atoms in total. The van der Waals surface area contributed by atoms with Gasteiger partial charge in [0, 0.05) is 38.2 Å². The number of urea groups is 1. The van der Waals surface area contributed by atoms with E-state index in [-0.39, 0.29) is 11.9 Å². The monoisotopic (exact) mass is 316 g/mol. The highest BCUT2D eigenvalue weighted by atomic mass is 35.5. The van der Waals surface area contributed by atoms with Gasteiger partial charge < -0.3 is 4.90 Å². The van der Waals surface area contributed by atoms with Crippen LogP contribution in [0.15, 0.2) is 42.9 Å². The first kappa shape index (κ1) is 14.5. The maximum Gasteiger partial charge on any atom is 0.327 e. The van der Waals surface area contributed by atoms with Crippen LogP contribution in [0.25, 0.3) is 0 Å². The van der Waals surface area contributed by atoms with Gasteiger partial charge in [0.25, 0.3) is 5.91 Å². The number of hydrogen-bond acceptors (Lipinski definition) is 4. The lowest BCUT2D eigenvalue weighted by Gasteiger charge is -2.17. The molecule has 1 aliphatic rings. The highest BCUT2D eigenvalue weighted by Gasteiger charge is 2.33. The van der Waals surface area contributed by atoms with E-state index in [1.165, 1.54) is 11.1 Å². The van der Waals surface area contributed by atoms with Crippen molar-refractivity contribution in [3.63, 3.8) is 0 Å². The van der Waals surface area contributed by atoms with Crippen LogP contribution in [-0.4, -0.2) is 44.8 Å². The highest BCUT2D eigenvalue weighted by Crippen LogP contribution is 2.16. The van der Waals surface area contributed by atoms with Crippen LogP contribution in [0, 0.1) is 0 Å². The number of rotatable bonds is 3. The third-order valence-electron chi connectivity index (χ3n) is 3.41. The van der Waals surface area contributed by atoms with Gasteiger partial charge in [-0.3, -0.25) is 14.7 Å². The number of amides is 3. The summed E-state index contributed by atoms with van der Waals surface area (Å²) in [5, 5.41) is 0.407. The Morgan fingerprint density at radius 1 is 1.23 bits per heavy atom. The van der Waals surface area contributed by atoms with Gasteiger partial charge in [-0.05, 0) is 23.8 Å². The van der Waals surface area contributed by atoms with Gasteiger partial charge in [0.05, 0.1) is 5.56 Å². The third kappa shape index (κ3) is 2.92. The molecule has 0 aromatic carbocycles. The molecular weight excluding hydrogens is 304 g/mol. The minimum absolute atomic E-state index is 0.302. The van der Waals surface area contributed by atoms with E-state index in [1.807, 2.05) is 6.07 Å². The van der Waals surface area contributed by atoms with E-state index in [0.29, 0.717) is 30.4 Å². The Morgan fingerprint density at radius 3 is 2.77 bits per heavy atom. The fraction of sp³-hybridized carbons (Fsp3) is 0.200. The predicted molar refractivity (Wildman–Crippen MR) is 80.3 cm³/mol. The Kier molecular flexibility index (Phi) is 4.02. The van der Waals surface area contributed by atoms with Crippen LogP contribution >= 0.6 is 11.6 Å². The molecule has 112 valence electrons. The summed E-state index contributed by atoms with van der Waals surface area (Å²) in [6, 6.07) is 6.51. The summed E-state index contributed by atoms with van der Waals surface area (Å²) in [6.45, 7) is 1.26. The van der Waals surface area contributed by atoms with E-state index < -0.39 is 0 Å². The van der Waals surface area contributed by atoms with Crippen molar-refractivity contribution in [1.82, 2.24) is 19.8 Å². The Bertz CT molecular complexity index is 690. The van der Waals surface area contributed by atoms with Crippen molar-refractivity contribution >= 4 is 23.5 Å². The first-order valence-corrected chi connectivity index (χ1v) is 7.14. The normalized spacial score (nSPS) is 14.5. The van der Waals surface area contributed by atoms with Crippen LogP contribution in [-0.2, 0) is 6.54 Å². The largest absolute Gasteiger partial charge is 0.327 e. The SMILES string of the molecule is O=C(c1cccnc1)N1CCN(Cc2ccc(Cl)nc2)C1=O. The van der Waals surface area contributed by atoms with E-state index in [4.69, 9.17) is 11.6 Å². The van der Waals surface area contributed by atoms with Crippen molar-refractivity contribution in [2.24, 2.45) is 0 Å². The number of hydrogen-bond donors (Lipinski definition) is 0. The summed E-state index contributed by atoms with van der Waals surface area (Å²) in [5.41, 5.74) is 1.28.